The first-order valence-corrected chi connectivity index (χ1v) is 13.3. The van der Waals surface area contributed by atoms with Gasteiger partial charge in [-0.05, 0) is 38.0 Å². The SMILES string of the molecule is CCCCNC(=O)[C@@H](C)N(Cc1ccccc1F)C(=O)CCCN(c1ccccc1)S(C)(=O)=O. The van der Waals surface area contributed by atoms with Crippen molar-refractivity contribution in [1.29, 1.82) is 0 Å². The molecule has 34 heavy (non-hydrogen) atoms. The second-order valence-corrected chi connectivity index (χ2v) is 10.1. The van der Waals surface area contributed by atoms with Crippen molar-refractivity contribution in [2.45, 2.75) is 52.1 Å². The Kier molecular flexibility index (Phi) is 10.5. The van der Waals surface area contributed by atoms with Gasteiger partial charge >= 0.3 is 0 Å². The molecule has 0 heterocycles. The highest BCUT2D eigenvalue weighted by Gasteiger charge is 2.27. The van der Waals surface area contributed by atoms with Gasteiger partial charge in [0.1, 0.15) is 11.9 Å². The number of hydrogen-bond acceptors (Lipinski definition) is 4. The quantitative estimate of drug-likeness (QED) is 0.433. The number of benzene rings is 2. The predicted octanol–water partition coefficient (Wildman–Crippen LogP) is 3.71. The van der Waals surface area contributed by atoms with E-state index in [0.717, 1.165) is 19.1 Å². The molecule has 0 spiro atoms. The maximum absolute atomic E-state index is 14.3. The Hall–Kier alpha value is -2.94. The monoisotopic (exact) mass is 491 g/mol. The van der Waals surface area contributed by atoms with E-state index in [-0.39, 0.29) is 37.7 Å². The van der Waals surface area contributed by atoms with Crippen LogP contribution in [0, 0.1) is 5.82 Å². The molecule has 0 saturated carbocycles. The number of anilines is 1. The highest BCUT2D eigenvalue weighted by Crippen LogP contribution is 2.19. The van der Waals surface area contributed by atoms with Crippen LogP contribution in [0.5, 0.6) is 0 Å². The van der Waals surface area contributed by atoms with E-state index in [1.807, 2.05) is 6.92 Å². The minimum absolute atomic E-state index is 0.0138. The van der Waals surface area contributed by atoms with Gasteiger partial charge in [-0.3, -0.25) is 13.9 Å². The van der Waals surface area contributed by atoms with Crippen molar-refractivity contribution < 1.29 is 22.4 Å². The van der Waals surface area contributed by atoms with Crippen LogP contribution < -0.4 is 9.62 Å². The summed E-state index contributed by atoms with van der Waals surface area (Å²) < 4.78 is 40.1. The van der Waals surface area contributed by atoms with Gasteiger partial charge in [0.05, 0.1) is 11.9 Å². The molecule has 0 aliphatic carbocycles. The number of halogens is 1. The molecule has 0 fully saturated rings. The first-order chi connectivity index (χ1) is 16.1. The molecule has 1 atom stereocenters. The number of para-hydroxylation sites is 1. The van der Waals surface area contributed by atoms with E-state index >= 15 is 0 Å². The summed E-state index contributed by atoms with van der Waals surface area (Å²) in [5.74, 6) is -1.10. The predicted molar refractivity (Wildman–Crippen MR) is 132 cm³/mol. The molecule has 0 aromatic heterocycles. The van der Waals surface area contributed by atoms with Gasteiger partial charge in [0.15, 0.2) is 0 Å². The summed E-state index contributed by atoms with van der Waals surface area (Å²) in [6.07, 6.45) is 3.12. The molecule has 2 aromatic rings. The van der Waals surface area contributed by atoms with E-state index < -0.39 is 21.9 Å². The number of sulfonamides is 1. The maximum atomic E-state index is 14.3. The van der Waals surface area contributed by atoms with Crippen molar-refractivity contribution in [1.82, 2.24) is 10.2 Å². The normalized spacial score (nSPS) is 12.1. The lowest BCUT2D eigenvalue weighted by Gasteiger charge is -2.29. The summed E-state index contributed by atoms with van der Waals surface area (Å²) in [7, 11) is -3.54. The Morgan fingerprint density at radius 3 is 2.29 bits per heavy atom. The fraction of sp³-hybridized carbons (Fsp3) is 0.440. The number of carbonyl (C=O) groups excluding carboxylic acids is 2. The van der Waals surface area contributed by atoms with Crippen LogP contribution in [-0.2, 0) is 26.2 Å². The second-order valence-electron chi connectivity index (χ2n) is 8.21. The molecule has 9 heteroatoms. The molecular weight excluding hydrogens is 457 g/mol. The van der Waals surface area contributed by atoms with E-state index in [4.69, 9.17) is 0 Å². The number of rotatable bonds is 13. The smallest absolute Gasteiger partial charge is 0.242 e. The summed E-state index contributed by atoms with van der Waals surface area (Å²) in [4.78, 5) is 27.2. The number of nitrogens with one attached hydrogen (secondary N) is 1. The van der Waals surface area contributed by atoms with E-state index in [1.54, 1.807) is 55.5 Å². The zero-order chi connectivity index (χ0) is 25.1. The number of nitrogens with zero attached hydrogens (tertiary/aromatic N) is 2. The Morgan fingerprint density at radius 2 is 1.68 bits per heavy atom. The molecule has 2 rings (SSSR count). The van der Waals surface area contributed by atoms with Gasteiger partial charge in [0.2, 0.25) is 21.8 Å². The maximum Gasteiger partial charge on any atom is 0.242 e. The lowest BCUT2D eigenvalue weighted by molar-refractivity contribution is -0.140. The van der Waals surface area contributed by atoms with Crippen LogP contribution in [0.2, 0.25) is 0 Å². The van der Waals surface area contributed by atoms with E-state index in [2.05, 4.69) is 5.32 Å². The van der Waals surface area contributed by atoms with E-state index in [0.29, 0.717) is 17.8 Å². The third-order valence-electron chi connectivity index (χ3n) is 5.49. The topological polar surface area (TPSA) is 86.8 Å². The lowest BCUT2D eigenvalue weighted by atomic mass is 10.1. The van der Waals surface area contributed by atoms with Crippen LogP contribution >= 0.6 is 0 Å². The third kappa shape index (κ3) is 8.13. The first-order valence-electron chi connectivity index (χ1n) is 11.5. The standard InChI is InChI=1S/C25H34FN3O4S/c1-4-5-17-27-25(31)20(2)28(19-21-12-9-10-15-23(21)26)24(30)16-11-18-29(34(3,32)33)22-13-7-6-8-14-22/h6-10,12-15,20H,4-5,11,16-19H2,1-3H3,(H,27,31)/t20-/m1/s1. The zero-order valence-electron chi connectivity index (χ0n) is 20.0. The minimum atomic E-state index is -3.54. The van der Waals surface area contributed by atoms with Crippen LogP contribution in [0.3, 0.4) is 0 Å². The van der Waals surface area contributed by atoms with E-state index in [9.17, 15) is 22.4 Å². The van der Waals surface area contributed by atoms with Gasteiger partial charge in [0.25, 0.3) is 0 Å². The minimum Gasteiger partial charge on any atom is -0.354 e. The van der Waals surface area contributed by atoms with Crippen LogP contribution in [-0.4, -0.2) is 50.5 Å². The fourth-order valence-electron chi connectivity index (χ4n) is 3.53. The summed E-state index contributed by atoms with van der Waals surface area (Å²) in [6, 6.07) is 14.0. The third-order valence-corrected chi connectivity index (χ3v) is 6.69. The summed E-state index contributed by atoms with van der Waals surface area (Å²) in [5.41, 5.74) is 0.829. The average molecular weight is 492 g/mol. The molecule has 1 N–H and O–H groups in total. The molecule has 0 aliphatic rings. The van der Waals surface area contributed by atoms with Gasteiger partial charge < -0.3 is 10.2 Å². The van der Waals surface area contributed by atoms with Crippen molar-refractivity contribution in [2.75, 3.05) is 23.7 Å². The molecule has 0 bridgehead atoms. The van der Waals surface area contributed by atoms with Crippen LogP contribution in [0.15, 0.2) is 54.6 Å². The molecule has 0 unspecified atom stereocenters. The number of unbranched alkanes of at least 4 members (excludes halogenated alkanes) is 1. The summed E-state index contributed by atoms with van der Waals surface area (Å²) in [6.45, 7) is 4.19. The molecule has 2 aromatic carbocycles. The van der Waals surface area contributed by atoms with Gasteiger partial charge in [-0.25, -0.2) is 12.8 Å². The van der Waals surface area contributed by atoms with Crippen molar-refractivity contribution in [3.8, 4) is 0 Å². The van der Waals surface area contributed by atoms with E-state index in [1.165, 1.54) is 15.3 Å². The number of hydrogen-bond donors (Lipinski definition) is 1. The highest BCUT2D eigenvalue weighted by atomic mass is 32.2. The van der Waals surface area contributed by atoms with Gasteiger partial charge in [-0.2, -0.15) is 0 Å². The molecule has 2 amide bonds. The van der Waals surface area contributed by atoms with Crippen LogP contribution in [0.25, 0.3) is 0 Å². The van der Waals surface area contributed by atoms with Crippen molar-refractivity contribution >= 4 is 27.5 Å². The number of amides is 2. The molecule has 0 radical (unpaired) electrons. The highest BCUT2D eigenvalue weighted by molar-refractivity contribution is 7.92. The van der Waals surface area contributed by atoms with Crippen molar-refractivity contribution in [3.05, 3.63) is 66.0 Å². The molecular formula is C25H34FN3O4S. The fourth-order valence-corrected chi connectivity index (χ4v) is 4.49. The van der Waals surface area contributed by atoms with Crippen LogP contribution in [0.1, 0.15) is 45.1 Å². The average Bonchev–Trinajstić information content (AvgIpc) is 2.80. The molecule has 7 nitrogen and oxygen atoms in total. The Balaban J connectivity index is 2.13. The largest absolute Gasteiger partial charge is 0.354 e. The first kappa shape index (κ1) is 27.3. The van der Waals surface area contributed by atoms with Gasteiger partial charge in [0, 0.05) is 31.6 Å². The van der Waals surface area contributed by atoms with Crippen molar-refractivity contribution in [2.24, 2.45) is 0 Å². The Bertz CT molecular complexity index is 1050. The van der Waals surface area contributed by atoms with Gasteiger partial charge in [-0.1, -0.05) is 49.7 Å². The Morgan fingerprint density at radius 1 is 1.03 bits per heavy atom. The second kappa shape index (κ2) is 13.1. The zero-order valence-corrected chi connectivity index (χ0v) is 20.9. The lowest BCUT2D eigenvalue weighted by Crippen LogP contribution is -2.48. The summed E-state index contributed by atoms with van der Waals surface area (Å²) in [5, 5.41) is 2.82. The molecule has 0 saturated heterocycles. The van der Waals surface area contributed by atoms with Crippen LogP contribution in [0.4, 0.5) is 10.1 Å². The molecule has 186 valence electrons. The van der Waals surface area contributed by atoms with Crippen molar-refractivity contribution in [3.63, 3.8) is 0 Å². The summed E-state index contributed by atoms with van der Waals surface area (Å²) >= 11 is 0. The van der Waals surface area contributed by atoms with Gasteiger partial charge in [-0.15, -0.1) is 0 Å². The Labute approximate surface area is 202 Å². The number of carbonyl (C=O) groups is 2. The molecule has 0 aliphatic heterocycles.